The summed E-state index contributed by atoms with van der Waals surface area (Å²) in [5.41, 5.74) is 3.12. The minimum absolute atomic E-state index is 0.00345. The molecular formula is C46H53ClN9O10P. The van der Waals surface area contributed by atoms with Gasteiger partial charge < -0.3 is 49.7 Å². The molecule has 1 unspecified atom stereocenters. The Hall–Kier alpha value is -6.53. The second-order valence-corrected chi connectivity index (χ2v) is 19.8. The third kappa shape index (κ3) is 12.3. The molecule has 0 saturated carbocycles. The fourth-order valence-electron chi connectivity index (χ4n) is 7.85. The van der Waals surface area contributed by atoms with E-state index in [0.29, 0.717) is 71.3 Å². The molecule has 2 saturated heterocycles. The number of carbonyl (C=O) groups excluding carboxylic acids is 5. The van der Waals surface area contributed by atoms with Gasteiger partial charge in [-0.15, -0.1) is 0 Å². The molecule has 5 amide bonds. The largest absolute Gasteiger partial charge is 0.499 e. The maximum absolute atomic E-state index is 13.2. The van der Waals surface area contributed by atoms with Crippen LogP contribution in [0.4, 0.5) is 34.5 Å². The Kier molecular flexibility index (Phi) is 16.1. The number of piperidine rings is 2. The number of carbonyl (C=O) groups is 5. The highest BCUT2D eigenvalue weighted by atomic mass is 35.5. The van der Waals surface area contributed by atoms with Gasteiger partial charge in [0.2, 0.25) is 23.7 Å². The molecule has 3 aliphatic heterocycles. The summed E-state index contributed by atoms with van der Waals surface area (Å²) in [6.45, 7) is 6.66. The molecule has 1 atom stereocenters. The van der Waals surface area contributed by atoms with Crippen LogP contribution in [0.25, 0.3) is 0 Å². The van der Waals surface area contributed by atoms with E-state index in [1.807, 2.05) is 42.5 Å². The zero-order valence-corrected chi connectivity index (χ0v) is 39.0. The number of hydrogen-bond donors (Lipinski definition) is 5. The maximum atomic E-state index is 13.2. The first-order valence-electron chi connectivity index (χ1n) is 21.8. The molecular weight excluding hydrogens is 905 g/mol. The van der Waals surface area contributed by atoms with Gasteiger partial charge in [0, 0.05) is 60.9 Å². The Balaban J connectivity index is 0.758. The average Bonchev–Trinajstić information content (AvgIpc) is 3.56. The number of imide groups is 2. The van der Waals surface area contributed by atoms with Gasteiger partial charge in [-0.25, -0.2) is 4.98 Å². The Morgan fingerprint density at radius 3 is 2.40 bits per heavy atom. The summed E-state index contributed by atoms with van der Waals surface area (Å²) in [4.78, 5) is 74.9. The topological polar surface area (TPSA) is 232 Å². The van der Waals surface area contributed by atoms with Crippen LogP contribution in [0.2, 0.25) is 5.02 Å². The second kappa shape index (κ2) is 22.3. The summed E-state index contributed by atoms with van der Waals surface area (Å²) in [5.74, 6) is -1.24. The van der Waals surface area contributed by atoms with Gasteiger partial charge in [-0.1, -0.05) is 29.8 Å². The molecule has 21 heteroatoms. The zero-order valence-electron chi connectivity index (χ0n) is 37.3. The van der Waals surface area contributed by atoms with Gasteiger partial charge in [0.15, 0.2) is 5.82 Å². The number of hydrogen-bond acceptors (Lipinski definition) is 16. The number of para-hydroxylation sites is 1. The number of ether oxygens (including phenoxy) is 4. The summed E-state index contributed by atoms with van der Waals surface area (Å²) >= 11 is 6.45. The van der Waals surface area contributed by atoms with E-state index in [4.69, 9.17) is 30.5 Å². The minimum atomic E-state index is -2.57. The lowest BCUT2D eigenvalue weighted by molar-refractivity contribution is -0.136. The quantitative estimate of drug-likeness (QED) is 0.0242. The fourth-order valence-corrected chi connectivity index (χ4v) is 9.14. The molecule has 0 spiro atoms. The standard InChI is InChI=1S/C46H53ClN9O10P/c1-63-37-27-30(11-12-33(37)52-46-49-28-32(47)42(54-46)51-34-8-4-5-10-38(34)67(2,3)62)55-19-15-29(16-20-55)50-40(58)17-21-64-23-25-66-26-24-65-22-18-48-35-9-6-7-31-41(35)45(61)56(44(31)60)36-13-14-39(57)53-43(36)59/h4-12,17,21,27-29,36,48H,13-16,18-20,22-26H2,1-3H3,(H,50,58)(H,53,57,59)(H2,49,51,52,54)/b21-17+. The highest BCUT2D eigenvalue weighted by Crippen LogP contribution is 2.39. The van der Waals surface area contributed by atoms with Crippen LogP contribution in [0.1, 0.15) is 46.4 Å². The van der Waals surface area contributed by atoms with Crippen LogP contribution >= 0.6 is 18.7 Å². The van der Waals surface area contributed by atoms with E-state index in [2.05, 4.69) is 41.5 Å². The first-order chi connectivity index (χ1) is 32.3. The van der Waals surface area contributed by atoms with E-state index in [1.54, 1.807) is 32.6 Å². The van der Waals surface area contributed by atoms with Gasteiger partial charge in [0.05, 0.1) is 68.5 Å². The number of nitrogens with zero attached hydrogens (tertiary/aromatic N) is 4. The predicted molar refractivity (Wildman–Crippen MR) is 254 cm³/mol. The Morgan fingerprint density at radius 1 is 0.896 bits per heavy atom. The van der Waals surface area contributed by atoms with E-state index in [1.165, 1.54) is 24.6 Å². The molecule has 0 bridgehead atoms. The lowest BCUT2D eigenvalue weighted by Crippen LogP contribution is -2.54. The number of rotatable bonds is 21. The number of benzene rings is 3. The summed E-state index contributed by atoms with van der Waals surface area (Å²) in [6.07, 6.45) is 5.83. The van der Waals surface area contributed by atoms with Crippen molar-refractivity contribution in [3.63, 3.8) is 0 Å². The lowest BCUT2D eigenvalue weighted by atomic mass is 10.0. The molecule has 5 N–H and O–H groups in total. The van der Waals surface area contributed by atoms with Crippen molar-refractivity contribution in [2.45, 2.75) is 37.8 Å². The summed E-state index contributed by atoms with van der Waals surface area (Å²) < 4.78 is 35.2. The van der Waals surface area contributed by atoms with E-state index in [-0.39, 0.29) is 49.1 Å². The lowest BCUT2D eigenvalue weighted by Gasteiger charge is -2.34. The number of anilines is 6. The van der Waals surface area contributed by atoms with Crippen LogP contribution in [0.3, 0.4) is 0 Å². The number of nitrogens with one attached hydrogen (secondary N) is 5. The Morgan fingerprint density at radius 2 is 1.64 bits per heavy atom. The second-order valence-electron chi connectivity index (χ2n) is 16.2. The summed E-state index contributed by atoms with van der Waals surface area (Å²) in [6, 6.07) is 17.0. The molecule has 1 aromatic heterocycles. The normalized spacial score (nSPS) is 16.5. The Bertz CT molecular complexity index is 2570. The molecule has 67 heavy (non-hydrogen) atoms. The first kappa shape index (κ1) is 48.4. The van der Waals surface area contributed by atoms with Gasteiger partial charge in [-0.05, 0) is 69.0 Å². The van der Waals surface area contributed by atoms with Gasteiger partial charge >= 0.3 is 0 Å². The van der Waals surface area contributed by atoms with Crippen molar-refractivity contribution < 1.29 is 47.5 Å². The first-order valence-corrected chi connectivity index (χ1v) is 24.8. The van der Waals surface area contributed by atoms with Crippen LogP contribution < -0.4 is 41.5 Å². The zero-order chi connectivity index (χ0) is 47.5. The molecule has 3 aliphatic rings. The van der Waals surface area contributed by atoms with E-state index in [0.717, 1.165) is 36.5 Å². The molecule has 7 rings (SSSR count). The number of fused-ring (bicyclic) bond motifs is 1. The van der Waals surface area contributed by atoms with Crippen LogP contribution in [-0.4, -0.2) is 130 Å². The molecule has 354 valence electrons. The average molecular weight is 958 g/mol. The fraction of sp³-hybridized carbons (Fsp3) is 0.370. The van der Waals surface area contributed by atoms with Crippen LogP contribution in [0.15, 0.2) is 79.2 Å². The monoisotopic (exact) mass is 957 g/mol. The number of methoxy groups -OCH3 is 1. The van der Waals surface area contributed by atoms with Gasteiger partial charge in [0.1, 0.15) is 30.6 Å². The van der Waals surface area contributed by atoms with Gasteiger partial charge in [-0.2, -0.15) is 4.98 Å². The minimum Gasteiger partial charge on any atom is -0.499 e. The van der Waals surface area contributed by atoms with E-state index >= 15 is 0 Å². The van der Waals surface area contributed by atoms with Crippen molar-refractivity contribution >= 4 is 88.1 Å². The summed E-state index contributed by atoms with van der Waals surface area (Å²) in [5, 5.41) is 15.8. The van der Waals surface area contributed by atoms with E-state index in [9.17, 15) is 28.5 Å². The molecule has 19 nitrogen and oxygen atoms in total. The molecule has 4 aromatic rings. The highest BCUT2D eigenvalue weighted by Gasteiger charge is 2.45. The van der Waals surface area contributed by atoms with Crippen LogP contribution in [0, 0.1) is 0 Å². The SMILES string of the molecule is COc1cc(N2CCC(NC(=O)/C=C/OCCOCCOCCNc3cccc4c3C(=O)N(C3CCC(=O)NC3=O)C4=O)CC2)ccc1Nc1ncc(Cl)c(Nc2ccccc2P(C)(C)=O)n1. The molecule has 3 aromatic carbocycles. The predicted octanol–water partition coefficient (Wildman–Crippen LogP) is 5.04. The smallest absolute Gasteiger partial charge is 0.264 e. The maximum Gasteiger partial charge on any atom is 0.264 e. The number of aromatic nitrogens is 2. The van der Waals surface area contributed by atoms with Crippen molar-refractivity contribution in [3.05, 3.63) is 95.3 Å². The van der Waals surface area contributed by atoms with E-state index < -0.39 is 36.8 Å². The molecule has 2 fully saturated rings. The molecule has 0 aliphatic carbocycles. The number of halogens is 1. The van der Waals surface area contributed by atoms with Crippen molar-refractivity contribution in [2.24, 2.45) is 0 Å². The van der Waals surface area contributed by atoms with Crippen molar-refractivity contribution in [2.75, 3.05) is 94.0 Å². The highest BCUT2D eigenvalue weighted by molar-refractivity contribution is 7.70. The number of amides is 5. The molecule has 4 heterocycles. The third-order valence-corrected chi connectivity index (χ3v) is 13.0. The van der Waals surface area contributed by atoms with Gasteiger partial charge in [0.25, 0.3) is 11.8 Å². The third-order valence-electron chi connectivity index (χ3n) is 11.2. The molecule has 0 radical (unpaired) electrons. The van der Waals surface area contributed by atoms with Crippen molar-refractivity contribution in [1.82, 2.24) is 25.5 Å². The Labute approximate surface area is 392 Å². The van der Waals surface area contributed by atoms with Crippen molar-refractivity contribution in [3.8, 4) is 5.75 Å². The van der Waals surface area contributed by atoms with Crippen molar-refractivity contribution in [1.29, 1.82) is 0 Å². The van der Waals surface area contributed by atoms with Gasteiger partial charge in [-0.3, -0.25) is 34.2 Å². The summed E-state index contributed by atoms with van der Waals surface area (Å²) in [7, 11) is -0.981. The van der Waals surface area contributed by atoms with Crippen LogP contribution in [-0.2, 0) is 33.2 Å². The van der Waals surface area contributed by atoms with Crippen LogP contribution in [0.5, 0.6) is 5.75 Å².